The molecule has 0 N–H and O–H groups in total. The van der Waals surface area contributed by atoms with Crippen LogP contribution in [0.5, 0.6) is 0 Å². The van der Waals surface area contributed by atoms with E-state index in [9.17, 15) is 0 Å². The number of rotatable bonds is 2. The van der Waals surface area contributed by atoms with Crippen LogP contribution in [0.15, 0.2) is 42.0 Å². The van der Waals surface area contributed by atoms with Gasteiger partial charge in [0.15, 0.2) is 0 Å². The summed E-state index contributed by atoms with van der Waals surface area (Å²) in [6, 6.07) is 7.04. The normalized spacial score (nSPS) is 19.6. The maximum absolute atomic E-state index is 2.48. The minimum Gasteiger partial charge on any atom is -0.0797 e. The molecule has 0 nitrogen and oxygen atoms in total. The molecular formula is C16H22Si. The SMILES string of the molecule is CC1=CC=CC1[Si](C)(C)c1cc(C)cc(C)c1. The van der Waals surface area contributed by atoms with Gasteiger partial charge in [0.2, 0.25) is 0 Å². The molecule has 0 amide bonds. The van der Waals surface area contributed by atoms with Crippen LogP contribution >= 0.6 is 0 Å². The molecule has 17 heavy (non-hydrogen) atoms. The molecule has 0 bridgehead atoms. The molecule has 1 aliphatic rings. The Morgan fingerprint density at radius 2 is 1.53 bits per heavy atom. The standard InChI is InChI=1S/C16H22Si/c1-12-9-13(2)11-15(10-12)17(4,5)16-8-6-7-14(16)3/h6-11,16H,1-5H3. The summed E-state index contributed by atoms with van der Waals surface area (Å²) in [5.74, 6) is 0. The van der Waals surface area contributed by atoms with Gasteiger partial charge >= 0.3 is 0 Å². The zero-order chi connectivity index (χ0) is 12.6. The fourth-order valence-corrected chi connectivity index (χ4v) is 6.30. The first-order valence-electron chi connectivity index (χ1n) is 6.35. The second kappa shape index (κ2) is 4.30. The quantitative estimate of drug-likeness (QED) is 0.685. The topological polar surface area (TPSA) is 0 Å². The van der Waals surface area contributed by atoms with E-state index >= 15 is 0 Å². The molecule has 1 aliphatic carbocycles. The zero-order valence-corrected chi connectivity index (χ0v) is 12.5. The van der Waals surface area contributed by atoms with Gasteiger partial charge in [-0.25, -0.2) is 0 Å². The summed E-state index contributed by atoms with van der Waals surface area (Å²) in [6.07, 6.45) is 6.87. The van der Waals surface area contributed by atoms with Crippen LogP contribution in [0.3, 0.4) is 0 Å². The Labute approximate surface area is 106 Å². The number of hydrogen-bond donors (Lipinski definition) is 0. The molecule has 0 aliphatic heterocycles. The molecule has 90 valence electrons. The third kappa shape index (κ3) is 2.30. The first kappa shape index (κ1) is 12.4. The predicted molar refractivity (Wildman–Crippen MR) is 79.7 cm³/mol. The Kier molecular flexibility index (Phi) is 3.13. The van der Waals surface area contributed by atoms with Crippen molar-refractivity contribution in [1.82, 2.24) is 0 Å². The van der Waals surface area contributed by atoms with Crippen LogP contribution in [0, 0.1) is 13.8 Å². The van der Waals surface area contributed by atoms with Gasteiger partial charge in [0.05, 0.1) is 8.07 Å². The molecule has 0 radical (unpaired) electrons. The van der Waals surface area contributed by atoms with E-state index in [0.717, 1.165) is 0 Å². The van der Waals surface area contributed by atoms with Crippen molar-refractivity contribution in [3.63, 3.8) is 0 Å². The lowest BCUT2D eigenvalue weighted by Crippen LogP contribution is -2.45. The predicted octanol–water partition coefficient (Wildman–Crippen LogP) is 4.11. The van der Waals surface area contributed by atoms with Crippen molar-refractivity contribution < 1.29 is 0 Å². The highest BCUT2D eigenvalue weighted by Crippen LogP contribution is 2.34. The van der Waals surface area contributed by atoms with Gasteiger partial charge in [-0.15, -0.1) is 0 Å². The molecule has 0 saturated carbocycles. The van der Waals surface area contributed by atoms with Gasteiger partial charge in [-0.3, -0.25) is 0 Å². The highest BCUT2D eigenvalue weighted by Gasteiger charge is 2.34. The van der Waals surface area contributed by atoms with Gasteiger partial charge in [0.25, 0.3) is 0 Å². The zero-order valence-electron chi connectivity index (χ0n) is 11.5. The van der Waals surface area contributed by atoms with E-state index in [4.69, 9.17) is 0 Å². The highest BCUT2D eigenvalue weighted by atomic mass is 28.3. The van der Waals surface area contributed by atoms with Crippen LogP contribution in [0.2, 0.25) is 18.6 Å². The lowest BCUT2D eigenvalue weighted by Gasteiger charge is -2.31. The smallest absolute Gasteiger partial charge is 0.0797 e. The second-order valence-electron chi connectivity index (χ2n) is 5.87. The number of allylic oxidation sites excluding steroid dienone is 4. The third-order valence-electron chi connectivity index (χ3n) is 3.90. The van der Waals surface area contributed by atoms with E-state index in [2.05, 4.69) is 70.3 Å². The van der Waals surface area contributed by atoms with Crippen LogP contribution in [-0.4, -0.2) is 8.07 Å². The van der Waals surface area contributed by atoms with Crippen LogP contribution < -0.4 is 5.19 Å². The summed E-state index contributed by atoms with van der Waals surface area (Å²) < 4.78 is 0. The van der Waals surface area contributed by atoms with Gasteiger partial charge < -0.3 is 0 Å². The van der Waals surface area contributed by atoms with Crippen molar-refractivity contribution in [2.75, 3.05) is 0 Å². The molecule has 0 saturated heterocycles. The van der Waals surface area contributed by atoms with Crippen molar-refractivity contribution in [2.45, 2.75) is 39.4 Å². The van der Waals surface area contributed by atoms with Crippen molar-refractivity contribution in [1.29, 1.82) is 0 Å². The number of hydrogen-bond acceptors (Lipinski definition) is 0. The van der Waals surface area contributed by atoms with E-state index in [1.54, 1.807) is 5.19 Å². The van der Waals surface area contributed by atoms with Gasteiger partial charge in [0.1, 0.15) is 0 Å². The Hall–Kier alpha value is -1.08. The van der Waals surface area contributed by atoms with E-state index in [-0.39, 0.29) is 0 Å². The fraction of sp³-hybridized carbons (Fsp3) is 0.375. The molecule has 1 aromatic rings. The maximum Gasteiger partial charge on any atom is 0.0915 e. The molecule has 0 fully saturated rings. The number of aryl methyl sites for hydroxylation is 2. The van der Waals surface area contributed by atoms with E-state index in [0.29, 0.717) is 5.54 Å². The monoisotopic (exact) mass is 242 g/mol. The fourth-order valence-electron chi connectivity index (χ4n) is 2.91. The number of benzene rings is 1. The summed E-state index contributed by atoms with van der Waals surface area (Å²) in [7, 11) is -1.43. The van der Waals surface area contributed by atoms with Crippen LogP contribution in [-0.2, 0) is 0 Å². The molecule has 0 heterocycles. The molecule has 1 unspecified atom stereocenters. The Balaban J connectivity index is 2.44. The van der Waals surface area contributed by atoms with Crippen molar-refractivity contribution in [3.8, 4) is 0 Å². The Bertz CT molecular complexity index is 472. The highest BCUT2D eigenvalue weighted by molar-refractivity contribution is 6.92. The molecule has 1 atom stereocenters. The maximum atomic E-state index is 2.48. The molecule has 1 aromatic carbocycles. The van der Waals surface area contributed by atoms with Crippen molar-refractivity contribution in [3.05, 3.63) is 53.1 Å². The van der Waals surface area contributed by atoms with Crippen molar-refractivity contribution >= 4 is 13.3 Å². The average Bonchev–Trinajstić information content (AvgIpc) is 2.63. The van der Waals surface area contributed by atoms with E-state index in [1.807, 2.05) is 0 Å². The summed E-state index contributed by atoms with van der Waals surface area (Å²) in [4.78, 5) is 0. The van der Waals surface area contributed by atoms with E-state index in [1.165, 1.54) is 16.7 Å². The Morgan fingerprint density at radius 3 is 2.00 bits per heavy atom. The molecule has 2 rings (SSSR count). The van der Waals surface area contributed by atoms with Crippen molar-refractivity contribution in [2.24, 2.45) is 0 Å². The summed E-state index contributed by atoms with van der Waals surface area (Å²) >= 11 is 0. The van der Waals surface area contributed by atoms with Gasteiger partial charge in [0, 0.05) is 0 Å². The lowest BCUT2D eigenvalue weighted by molar-refractivity contribution is 1.17. The van der Waals surface area contributed by atoms with Crippen LogP contribution in [0.1, 0.15) is 18.1 Å². The van der Waals surface area contributed by atoms with Crippen LogP contribution in [0.4, 0.5) is 0 Å². The first-order chi connectivity index (χ1) is 7.91. The average molecular weight is 242 g/mol. The first-order valence-corrected chi connectivity index (χ1v) is 9.43. The third-order valence-corrected chi connectivity index (χ3v) is 7.88. The largest absolute Gasteiger partial charge is 0.0915 e. The van der Waals surface area contributed by atoms with E-state index < -0.39 is 8.07 Å². The summed E-state index contributed by atoms with van der Waals surface area (Å²) in [5.41, 5.74) is 4.98. The van der Waals surface area contributed by atoms with Gasteiger partial charge in [-0.05, 0) is 26.3 Å². The van der Waals surface area contributed by atoms with Gasteiger partial charge in [-0.2, -0.15) is 0 Å². The second-order valence-corrected chi connectivity index (χ2v) is 10.5. The summed E-state index contributed by atoms with van der Waals surface area (Å²) in [6.45, 7) is 11.6. The van der Waals surface area contributed by atoms with Crippen LogP contribution in [0.25, 0.3) is 0 Å². The lowest BCUT2D eigenvalue weighted by atomic mass is 10.2. The Morgan fingerprint density at radius 1 is 0.941 bits per heavy atom. The molecule has 0 spiro atoms. The minimum atomic E-state index is -1.43. The summed E-state index contributed by atoms with van der Waals surface area (Å²) in [5, 5.41) is 1.58. The molecule has 1 heteroatoms. The van der Waals surface area contributed by atoms with Gasteiger partial charge in [-0.1, -0.05) is 71.4 Å². The molecule has 0 aromatic heterocycles. The molecular weight excluding hydrogens is 220 g/mol. The minimum absolute atomic E-state index is 0.670.